The van der Waals surface area contributed by atoms with Gasteiger partial charge in [-0.15, -0.1) is 0 Å². The van der Waals surface area contributed by atoms with Crippen molar-refractivity contribution in [1.29, 1.82) is 0 Å². The minimum Gasteiger partial charge on any atom is -0.497 e. The van der Waals surface area contributed by atoms with Crippen LogP contribution in [-0.4, -0.2) is 30.2 Å². The fourth-order valence-electron chi connectivity index (χ4n) is 2.03. The predicted molar refractivity (Wildman–Crippen MR) is 83.7 cm³/mol. The Hall–Kier alpha value is -2.01. The Labute approximate surface area is 125 Å². The highest BCUT2D eigenvalue weighted by atomic mass is 16.5. The number of nitrogens with one attached hydrogen (secondary N) is 2. The van der Waals surface area contributed by atoms with Crippen molar-refractivity contribution in [3.8, 4) is 22.8 Å². The third-order valence-electron chi connectivity index (χ3n) is 3.56. The second-order valence-electron chi connectivity index (χ2n) is 5.00. The number of hydrogen-bond acceptors (Lipinski definition) is 4. The molecule has 2 rings (SSSR count). The van der Waals surface area contributed by atoms with Gasteiger partial charge in [0.05, 0.1) is 32.7 Å². The first-order valence-corrected chi connectivity index (χ1v) is 7.17. The maximum Gasteiger partial charge on any atom is 0.131 e. The van der Waals surface area contributed by atoms with Gasteiger partial charge in [-0.1, -0.05) is 6.92 Å². The summed E-state index contributed by atoms with van der Waals surface area (Å²) in [6.45, 7) is 5.05. The fraction of sp³-hybridized carbons (Fsp3) is 0.438. The maximum atomic E-state index is 5.42. The van der Waals surface area contributed by atoms with Crippen molar-refractivity contribution in [3.05, 3.63) is 30.2 Å². The first-order valence-electron chi connectivity index (χ1n) is 7.17. The number of aromatic nitrogens is 2. The van der Waals surface area contributed by atoms with Crippen molar-refractivity contribution in [2.24, 2.45) is 0 Å². The highest BCUT2D eigenvalue weighted by molar-refractivity contribution is 5.68. The number of rotatable bonds is 7. The Morgan fingerprint density at radius 3 is 2.76 bits per heavy atom. The van der Waals surface area contributed by atoms with E-state index in [-0.39, 0.29) is 0 Å². The zero-order valence-electron chi connectivity index (χ0n) is 13.1. The minimum atomic E-state index is 0.481. The summed E-state index contributed by atoms with van der Waals surface area (Å²) in [6, 6.07) is 6.23. The van der Waals surface area contributed by atoms with E-state index in [0.717, 1.165) is 41.5 Å². The van der Waals surface area contributed by atoms with Crippen molar-refractivity contribution in [1.82, 2.24) is 15.3 Å². The molecule has 1 heterocycles. The van der Waals surface area contributed by atoms with E-state index in [1.807, 2.05) is 24.4 Å². The molecule has 0 bridgehead atoms. The van der Waals surface area contributed by atoms with E-state index in [4.69, 9.17) is 9.47 Å². The first-order chi connectivity index (χ1) is 10.2. The van der Waals surface area contributed by atoms with Gasteiger partial charge in [0.2, 0.25) is 0 Å². The third kappa shape index (κ3) is 3.76. The molecule has 0 aliphatic rings. The molecular formula is C16H23N3O2. The van der Waals surface area contributed by atoms with Crippen LogP contribution < -0.4 is 14.8 Å². The summed E-state index contributed by atoms with van der Waals surface area (Å²) in [5, 5.41) is 3.42. The Bertz CT molecular complexity index is 581. The number of H-pyrrole nitrogens is 1. The average Bonchev–Trinajstić information content (AvgIpc) is 3.00. The second kappa shape index (κ2) is 7.13. The zero-order valence-corrected chi connectivity index (χ0v) is 13.1. The molecule has 21 heavy (non-hydrogen) atoms. The van der Waals surface area contributed by atoms with Crippen LogP contribution in [0.3, 0.4) is 0 Å². The van der Waals surface area contributed by atoms with Gasteiger partial charge in [0.15, 0.2) is 0 Å². The maximum absolute atomic E-state index is 5.42. The van der Waals surface area contributed by atoms with Crippen LogP contribution in [0, 0.1) is 0 Å². The highest BCUT2D eigenvalue weighted by Crippen LogP contribution is 2.32. The molecule has 0 saturated carbocycles. The van der Waals surface area contributed by atoms with Crippen molar-refractivity contribution in [3.63, 3.8) is 0 Å². The van der Waals surface area contributed by atoms with E-state index in [1.54, 1.807) is 14.2 Å². The van der Waals surface area contributed by atoms with Crippen LogP contribution >= 0.6 is 0 Å². The highest BCUT2D eigenvalue weighted by Gasteiger charge is 2.10. The topological polar surface area (TPSA) is 59.2 Å². The molecule has 0 aliphatic carbocycles. The zero-order chi connectivity index (χ0) is 15.2. The van der Waals surface area contributed by atoms with Crippen molar-refractivity contribution >= 4 is 0 Å². The molecule has 1 aromatic carbocycles. The summed E-state index contributed by atoms with van der Waals surface area (Å²) < 4.78 is 10.6. The summed E-state index contributed by atoms with van der Waals surface area (Å²) in [5.74, 6) is 2.45. The van der Waals surface area contributed by atoms with E-state index in [0.29, 0.717) is 6.04 Å². The molecule has 0 radical (unpaired) electrons. The molecule has 0 aliphatic heterocycles. The van der Waals surface area contributed by atoms with E-state index >= 15 is 0 Å². The smallest absolute Gasteiger partial charge is 0.131 e. The summed E-state index contributed by atoms with van der Waals surface area (Å²) in [4.78, 5) is 7.74. The van der Waals surface area contributed by atoms with Gasteiger partial charge in [0, 0.05) is 17.7 Å². The van der Waals surface area contributed by atoms with Crippen molar-refractivity contribution in [2.45, 2.75) is 32.9 Å². The Balaban J connectivity index is 2.17. The molecule has 0 fully saturated rings. The second-order valence-corrected chi connectivity index (χ2v) is 5.00. The van der Waals surface area contributed by atoms with Crippen LogP contribution in [-0.2, 0) is 6.54 Å². The number of ether oxygens (including phenoxy) is 2. The van der Waals surface area contributed by atoms with Crippen molar-refractivity contribution in [2.75, 3.05) is 14.2 Å². The number of aromatic amines is 1. The molecule has 2 N–H and O–H groups in total. The molecule has 1 aromatic heterocycles. The summed E-state index contributed by atoms with van der Waals surface area (Å²) in [6.07, 6.45) is 2.93. The van der Waals surface area contributed by atoms with Gasteiger partial charge in [0.25, 0.3) is 0 Å². The Kier molecular flexibility index (Phi) is 5.22. The quantitative estimate of drug-likeness (QED) is 0.822. The molecule has 0 amide bonds. The van der Waals surface area contributed by atoms with Gasteiger partial charge in [-0.2, -0.15) is 0 Å². The van der Waals surface area contributed by atoms with Crippen LogP contribution in [0.5, 0.6) is 11.5 Å². The molecular weight excluding hydrogens is 266 g/mol. The molecule has 0 saturated heterocycles. The van der Waals surface area contributed by atoms with E-state index in [9.17, 15) is 0 Å². The van der Waals surface area contributed by atoms with Gasteiger partial charge in [0.1, 0.15) is 17.3 Å². The van der Waals surface area contributed by atoms with Gasteiger partial charge in [-0.25, -0.2) is 4.98 Å². The third-order valence-corrected chi connectivity index (χ3v) is 3.56. The number of imidazole rings is 1. The summed E-state index contributed by atoms with van der Waals surface area (Å²) >= 11 is 0. The van der Waals surface area contributed by atoms with Crippen LogP contribution in [0.4, 0.5) is 0 Å². The first kappa shape index (κ1) is 15.4. The van der Waals surface area contributed by atoms with Gasteiger partial charge in [-0.05, 0) is 25.5 Å². The molecule has 5 nitrogen and oxygen atoms in total. The largest absolute Gasteiger partial charge is 0.497 e. The lowest BCUT2D eigenvalue weighted by atomic mass is 10.1. The molecule has 1 atom stereocenters. The van der Waals surface area contributed by atoms with Gasteiger partial charge < -0.3 is 19.8 Å². The number of hydrogen-bond donors (Lipinski definition) is 2. The molecule has 2 aromatic rings. The molecule has 1 unspecified atom stereocenters. The number of nitrogens with zero attached hydrogens (tertiary/aromatic N) is 1. The standard InChI is InChI=1S/C16H23N3O2/c1-5-11(2)17-10-16-18-9-14(19-16)13-7-6-12(20-3)8-15(13)21-4/h6-9,11,17H,5,10H2,1-4H3,(H,18,19). The fourth-order valence-corrected chi connectivity index (χ4v) is 2.03. The van der Waals surface area contributed by atoms with Crippen LogP contribution in [0.2, 0.25) is 0 Å². The van der Waals surface area contributed by atoms with Crippen LogP contribution in [0.15, 0.2) is 24.4 Å². The molecule has 5 heteroatoms. The molecule has 114 valence electrons. The Morgan fingerprint density at radius 2 is 2.10 bits per heavy atom. The lowest BCUT2D eigenvalue weighted by molar-refractivity contribution is 0.395. The SMILES string of the molecule is CCC(C)NCc1ncc(-c2ccc(OC)cc2OC)[nH]1. The monoisotopic (exact) mass is 289 g/mol. The van der Waals surface area contributed by atoms with Crippen molar-refractivity contribution < 1.29 is 9.47 Å². The lowest BCUT2D eigenvalue weighted by Gasteiger charge is -2.10. The lowest BCUT2D eigenvalue weighted by Crippen LogP contribution is -2.24. The summed E-state index contributed by atoms with van der Waals surface area (Å²) in [7, 11) is 3.29. The Morgan fingerprint density at radius 1 is 1.29 bits per heavy atom. The van der Waals surface area contributed by atoms with Crippen LogP contribution in [0.1, 0.15) is 26.1 Å². The predicted octanol–water partition coefficient (Wildman–Crippen LogP) is 2.98. The molecule has 0 spiro atoms. The minimum absolute atomic E-state index is 0.481. The summed E-state index contributed by atoms with van der Waals surface area (Å²) in [5.41, 5.74) is 1.91. The number of benzene rings is 1. The number of methoxy groups -OCH3 is 2. The normalized spacial score (nSPS) is 12.2. The van der Waals surface area contributed by atoms with E-state index in [2.05, 4.69) is 29.1 Å². The van der Waals surface area contributed by atoms with E-state index in [1.165, 1.54) is 0 Å². The van der Waals surface area contributed by atoms with Gasteiger partial charge >= 0.3 is 0 Å². The van der Waals surface area contributed by atoms with E-state index < -0.39 is 0 Å². The van der Waals surface area contributed by atoms with Crippen LogP contribution in [0.25, 0.3) is 11.3 Å². The van der Waals surface area contributed by atoms with Gasteiger partial charge in [-0.3, -0.25) is 0 Å². The average molecular weight is 289 g/mol.